The highest BCUT2D eigenvalue weighted by Crippen LogP contribution is 2.22. The monoisotopic (exact) mass is 300 g/mol. The zero-order valence-corrected chi connectivity index (χ0v) is 11.6. The number of H-pyrrole nitrogens is 1. The van der Waals surface area contributed by atoms with Gasteiger partial charge in [-0.2, -0.15) is 0 Å². The van der Waals surface area contributed by atoms with E-state index in [0.29, 0.717) is 0 Å². The SMILES string of the molecule is CC(=O)/C=C/c1c(Oc2cccc(C(=O)O)c2)nc[nH]c1=O. The van der Waals surface area contributed by atoms with Crippen LogP contribution in [0.3, 0.4) is 0 Å². The number of hydrogen-bond acceptors (Lipinski definition) is 5. The number of hydrogen-bond donors (Lipinski definition) is 2. The van der Waals surface area contributed by atoms with Gasteiger partial charge in [-0.1, -0.05) is 6.07 Å². The molecular formula is C15H12N2O5. The second-order valence-electron chi connectivity index (χ2n) is 4.33. The van der Waals surface area contributed by atoms with Gasteiger partial charge in [0.2, 0.25) is 5.88 Å². The first-order valence-electron chi connectivity index (χ1n) is 6.25. The van der Waals surface area contributed by atoms with Gasteiger partial charge in [-0.25, -0.2) is 9.78 Å². The van der Waals surface area contributed by atoms with Gasteiger partial charge < -0.3 is 14.8 Å². The van der Waals surface area contributed by atoms with Crippen LogP contribution in [0.2, 0.25) is 0 Å². The fourth-order valence-electron chi connectivity index (χ4n) is 1.63. The molecule has 0 aliphatic rings. The third-order valence-electron chi connectivity index (χ3n) is 2.63. The highest BCUT2D eigenvalue weighted by molar-refractivity contribution is 5.91. The van der Waals surface area contributed by atoms with Crippen molar-refractivity contribution in [3.05, 3.63) is 58.1 Å². The van der Waals surface area contributed by atoms with E-state index in [2.05, 4.69) is 9.97 Å². The molecule has 0 saturated heterocycles. The van der Waals surface area contributed by atoms with Gasteiger partial charge in [0.15, 0.2) is 5.78 Å². The number of carboxylic acid groups (broad SMARTS) is 1. The molecule has 0 spiro atoms. The number of carboxylic acids is 1. The van der Waals surface area contributed by atoms with Crippen LogP contribution in [0.25, 0.3) is 6.08 Å². The quantitative estimate of drug-likeness (QED) is 0.816. The van der Waals surface area contributed by atoms with Crippen LogP contribution in [-0.2, 0) is 4.79 Å². The summed E-state index contributed by atoms with van der Waals surface area (Å²) in [5.74, 6) is -1.14. The average Bonchev–Trinajstić information content (AvgIpc) is 2.46. The second-order valence-corrected chi connectivity index (χ2v) is 4.33. The fourth-order valence-corrected chi connectivity index (χ4v) is 1.63. The Morgan fingerprint density at radius 3 is 2.82 bits per heavy atom. The van der Waals surface area contributed by atoms with Crippen LogP contribution in [0, 0.1) is 0 Å². The predicted molar refractivity (Wildman–Crippen MR) is 78.0 cm³/mol. The first-order valence-corrected chi connectivity index (χ1v) is 6.25. The molecule has 0 aliphatic heterocycles. The standard InChI is InChI=1S/C15H12N2O5/c1-9(18)5-6-12-13(19)16-8-17-14(12)22-11-4-2-3-10(7-11)15(20)21/h2-8H,1H3,(H,20,21)(H,16,17,19)/b6-5+. The summed E-state index contributed by atoms with van der Waals surface area (Å²) in [6.07, 6.45) is 3.67. The minimum absolute atomic E-state index is 0.0243. The molecule has 0 aliphatic carbocycles. The Hall–Kier alpha value is -3.22. The molecule has 2 aromatic rings. The Labute approximate surface area is 124 Å². The molecule has 0 radical (unpaired) electrons. The summed E-state index contributed by atoms with van der Waals surface area (Å²) in [5.41, 5.74) is -0.363. The molecule has 1 aromatic carbocycles. The minimum Gasteiger partial charge on any atom is -0.478 e. The zero-order chi connectivity index (χ0) is 16.1. The third-order valence-corrected chi connectivity index (χ3v) is 2.63. The third kappa shape index (κ3) is 3.66. The van der Waals surface area contributed by atoms with Crippen LogP contribution >= 0.6 is 0 Å². The van der Waals surface area contributed by atoms with Crippen molar-refractivity contribution in [1.29, 1.82) is 0 Å². The number of aromatic amines is 1. The number of ether oxygens (including phenoxy) is 1. The molecular weight excluding hydrogens is 288 g/mol. The van der Waals surface area contributed by atoms with E-state index in [0.717, 1.165) is 6.33 Å². The number of ketones is 1. The maximum absolute atomic E-state index is 11.8. The van der Waals surface area contributed by atoms with Gasteiger partial charge >= 0.3 is 5.97 Å². The molecule has 1 heterocycles. The smallest absolute Gasteiger partial charge is 0.335 e. The number of carbonyl (C=O) groups is 2. The van der Waals surface area contributed by atoms with Gasteiger partial charge in [-0.15, -0.1) is 0 Å². The van der Waals surface area contributed by atoms with Crippen molar-refractivity contribution in [1.82, 2.24) is 9.97 Å². The van der Waals surface area contributed by atoms with Crippen LogP contribution in [0.5, 0.6) is 11.6 Å². The lowest BCUT2D eigenvalue weighted by atomic mass is 10.2. The summed E-state index contributed by atoms with van der Waals surface area (Å²) in [6.45, 7) is 1.35. The van der Waals surface area contributed by atoms with Crippen LogP contribution in [-0.4, -0.2) is 26.8 Å². The van der Waals surface area contributed by atoms with Crippen LogP contribution < -0.4 is 10.3 Å². The number of nitrogens with zero attached hydrogens (tertiary/aromatic N) is 1. The number of aromatic carboxylic acids is 1. The van der Waals surface area contributed by atoms with Gasteiger partial charge in [0, 0.05) is 0 Å². The Kier molecular flexibility index (Phi) is 4.47. The molecule has 0 bridgehead atoms. The largest absolute Gasteiger partial charge is 0.478 e. The average molecular weight is 300 g/mol. The van der Waals surface area contributed by atoms with E-state index in [4.69, 9.17) is 9.84 Å². The maximum atomic E-state index is 11.8. The zero-order valence-electron chi connectivity index (χ0n) is 11.6. The number of aromatic nitrogens is 2. The summed E-state index contributed by atoms with van der Waals surface area (Å²) < 4.78 is 5.46. The van der Waals surface area contributed by atoms with Gasteiger partial charge in [0.1, 0.15) is 11.3 Å². The summed E-state index contributed by atoms with van der Waals surface area (Å²) in [4.78, 5) is 40.0. The molecule has 2 rings (SSSR count). The van der Waals surface area contributed by atoms with Crippen molar-refractivity contribution in [3.63, 3.8) is 0 Å². The van der Waals surface area contributed by atoms with E-state index in [1.54, 1.807) is 0 Å². The lowest BCUT2D eigenvalue weighted by Gasteiger charge is -2.07. The highest BCUT2D eigenvalue weighted by Gasteiger charge is 2.10. The van der Waals surface area contributed by atoms with Crippen molar-refractivity contribution in [3.8, 4) is 11.6 Å². The summed E-state index contributed by atoms with van der Waals surface area (Å²) >= 11 is 0. The molecule has 7 nitrogen and oxygen atoms in total. The van der Waals surface area contributed by atoms with Gasteiger partial charge in [-0.3, -0.25) is 9.59 Å². The lowest BCUT2D eigenvalue weighted by molar-refractivity contribution is -0.112. The van der Waals surface area contributed by atoms with Gasteiger partial charge in [-0.05, 0) is 37.3 Å². The first kappa shape index (κ1) is 15.2. The number of rotatable bonds is 5. The van der Waals surface area contributed by atoms with Crippen LogP contribution in [0.4, 0.5) is 0 Å². The van der Waals surface area contributed by atoms with Gasteiger partial charge in [0.05, 0.1) is 11.9 Å². The van der Waals surface area contributed by atoms with Gasteiger partial charge in [0.25, 0.3) is 5.56 Å². The molecule has 0 unspecified atom stereocenters. The topological polar surface area (TPSA) is 109 Å². The molecule has 2 N–H and O–H groups in total. The normalized spacial score (nSPS) is 10.6. The molecule has 0 fully saturated rings. The molecule has 112 valence electrons. The van der Waals surface area contributed by atoms with Crippen LogP contribution in [0.15, 0.2) is 41.5 Å². The van der Waals surface area contributed by atoms with E-state index in [1.165, 1.54) is 43.3 Å². The minimum atomic E-state index is -1.10. The Bertz CT molecular complexity index is 808. The van der Waals surface area contributed by atoms with E-state index >= 15 is 0 Å². The second kappa shape index (κ2) is 6.49. The van der Waals surface area contributed by atoms with E-state index in [1.807, 2.05) is 0 Å². The Morgan fingerprint density at radius 2 is 2.14 bits per heavy atom. The molecule has 0 atom stereocenters. The van der Waals surface area contributed by atoms with Crippen molar-refractivity contribution < 1.29 is 19.4 Å². The highest BCUT2D eigenvalue weighted by atomic mass is 16.5. The lowest BCUT2D eigenvalue weighted by Crippen LogP contribution is -2.11. The predicted octanol–water partition coefficient (Wildman–Crippen LogP) is 1.86. The first-order chi connectivity index (χ1) is 10.5. The Morgan fingerprint density at radius 1 is 1.36 bits per heavy atom. The van der Waals surface area contributed by atoms with Crippen molar-refractivity contribution in [2.75, 3.05) is 0 Å². The maximum Gasteiger partial charge on any atom is 0.335 e. The fraction of sp³-hybridized carbons (Fsp3) is 0.0667. The number of benzene rings is 1. The molecule has 0 saturated carbocycles. The molecule has 0 amide bonds. The summed E-state index contributed by atoms with van der Waals surface area (Å²) in [7, 11) is 0. The van der Waals surface area contributed by atoms with E-state index < -0.39 is 11.5 Å². The van der Waals surface area contributed by atoms with E-state index in [9.17, 15) is 14.4 Å². The van der Waals surface area contributed by atoms with Crippen LogP contribution in [0.1, 0.15) is 22.8 Å². The molecule has 1 aromatic heterocycles. The summed E-state index contributed by atoms with van der Waals surface area (Å²) in [5, 5.41) is 8.94. The Balaban J connectivity index is 2.39. The van der Waals surface area contributed by atoms with Crippen molar-refractivity contribution in [2.45, 2.75) is 6.92 Å². The molecule has 22 heavy (non-hydrogen) atoms. The number of nitrogens with one attached hydrogen (secondary N) is 1. The molecule has 7 heteroatoms. The summed E-state index contributed by atoms with van der Waals surface area (Å²) in [6, 6.07) is 5.77. The van der Waals surface area contributed by atoms with Crippen molar-refractivity contribution >= 4 is 17.8 Å². The number of allylic oxidation sites excluding steroid dienone is 1. The van der Waals surface area contributed by atoms with E-state index in [-0.39, 0.29) is 28.5 Å². The number of carbonyl (C=O) groups excluding carboxylic acids is 1. The van der Waals surface area contributed by atoms with Crippen molar-refractivity contribution in [2.24, 2.45) is 0 Å².